The first-order valence-corrected chi connectivity index (χ1v) is 7.88. The molecule has 1 atom stereocenters. The van der Waals surface area contributed by atoms with Crippen LogP contribution < -0.4 is 14.8 Å². The summed E-state index contributed by atoms with van der Waals surface area (Å²) in [6.07, 6.45) is -1.03. The minimum atomic E-state index is -1.03. The van der Waals surface area contributed by atoms with Crippen molar-refractivity contribution < 1.29 is 28.2 Å². The molecule has 1 aliphatic rings. The average molecular weight is 364 g/mol. The van der Waals surface area contributed by atoms with E-state index in [4.69, 9.17) is 9.47 Å². The van der Waals surface area contributed by atoms with Crippen LogP contribution in [-0.2, 0) is 6.54 Å². The Kier molecular flexibility index (Phi) is 4.94. The van der Waals surface area contributed by atoms with Gasteiger partial charge in [0.1, 0.15) is 34.9 Å². The fourth-order valence-corrected chi connectivity index (χ4v) is 3.03. The SMILES string of the molecule is COc1ccc(OC)c2c1CN(C(=O)Nc1c(F)cccc1F)C[C@@H]2O. The minimum Gasteiger partial charge on any atom is -0.496 e. The monoisotopic (exact) mass is 364 g/mol. The topological polar surface area (TPSA) is 71.0 Å². The van der Waals surface area contributed by atoms with E-state index < -0.39 is 29.5 Å². The number of anilines is 1. The zero-order valence-electron chi connectivity index (χ0n) is 14.3. The Morgan fingerprint density at radius 2 is 1.77 bits per heavy atom. The number of halogens is 2. The van der Waals surface area contributed by atoms with Gasteiger partial charge in [0.15, 0.2) is 0 Å². The summed E-state index contributed by atoms with van der Waals surface area (Å²) in [4.78, 5) is 13.7. The van der Waals surface area contributed by atoms with Crippen molar-refractivity contribution in [2.45, 2.75) is 12.6 Å². The zero-order valence-corrected chi connectivity index (χ0v) is 14.3. The van der Waals surface area contributed by atoms with Crippen LogP contribution in [0, 0.1) is 11.6 Å². The molecule has 0 unspecified atom stereocenters. The number of carbonyl (C=O) groups excluding carboxylic acids is 1. The van der Waals surface area contributed by atoms with Crippen LogP contribution in [0.25, 0.3) is 0 Å². The number of methoxy groups -OCH3 is 2. The molecule has 0 bridgehead atoms. The van der Waals surface area contributed by atoms with E-state index in [0.29, 0.717) is 22.6 Å². The van der Waals surface area contributed by atoms with Crippen LogP contribution in [0.3, 0.4) is 0 Å². The molecule has 0 aliphatic carbocycles. The molecule has 3 rings (SSSR count). The first kappa shape index (κ1) is 17.9. The van der Waals surface area contributed by atoms with E-state index in [9.17, 15) is 18.7 Å². The van der Waals surface area contributed by atoms with E-state index in [1.165, 1.54) is 25.2 Å². The van der Waals surface area contributed by atoms with E-state index in [0.717, 1.165) is 12.1 Å². The highest BCUT2D eigenvalue weighted by Gasteiger charge is 2.32. The zero-order chi connectivity index (χ0) is 18.8. The van der Waals surface area contributed by atoms with Crippen molar-refractivity contribution in [1.29, 1.82) is 0 Å². The highest BCUT2D eigenvalue weighted by Crippen LogP contribution is 2.39. The van der Waals surface area contributed by atoms with Gasteiger partial charge < -0.3 is 24.8 Å². The molecule has 0 fully saturated rings. The van der Waals surface area contributed by atoms with Crippen molar-refractivity contribution in [3.05, 3.63) is 53.1 Å². The summed E-state index contributed by atoms with van der Waals surface area (Å²) in [5, 5.41) is 12.7. The molecule has 1 heterocycles. The molecule has 0 saturated heterocycles. The van der Waals surface area contributed by atoms with Crippen LogP contribution in [0.1, 0.15) is 17.2 Å². The molecule has 0 radical (unpaired) electrons. The molecule has 2 aromatic carbocycles. The molecule has 2 N–H and O–H groups in total. The maximum absolute atomic E-state index is 13.8. The van der Waals surface area contributed by atoms with Gasteiger partial charge >= 0.3 is 6.03 Å². The number of rotatable bonds is 3. The summed E-state index contributed by atoms with van der Waals surface area (Å²) in [6, 6.07) is 5.91. The molecule has 2 aromatic rings. The normalized spacial score (nSPS) is 16.0. The van der Waals surface area contributed by atoms with Crippen LogP contribution in [0.15, 0.2) is 30.3 Å². The first-order valence-electron chi connectivity index (χ1n) is 7.88. The third-order valence-electron chi connectivity index (χ3n) is 4.27. The second-order valence-electron chi connectivity index (χ2n) is 5.79. The van der Waals surface area contributed by atoms with Crippen LogP contribution in [0.5, 0.6) is 11.5 Å². The molecular weight excluding hydrogens is 346 g/mol. The van der Waals surface area contributed by atoms with Crippen molar-refractivity contribution in [1.82, 2.24) is 4.90 Å². The lowest BCUT2D eigenvalue weighted by molar-refractivity contribution is 0.105. The third-order valence-corrected chi connectivity index (χ3v) is 4.27. The molecule has 0 aromatic heterocycles. The van der Waals surface area contributed by atoms with Crippen molar-refractivity contribution in [2.24, 2.45) is 0 Å². The Balaban J connectivity index is 1.90. The van der Waals surface area contributed by atoms with Crippen LogP contribution >= 0.6 is 0 Å². The molecular formula is C18H18F2N2O4. The lowest BCUT2D eigenvalue weighted by Gasteiger charge is -2.34. The smallest absolute Gasteiger partial charge is 0.322 e. The standard InChI is InChI=1S/C18H18F2N2O4/c1-25-14-6-7-15(26-2)16-10(14)8-22(9-13(16)23)18(24)21-17-11(19)4-3-5-12(17)20/h3-7,13,23H,8-9H2,1-2H3,(H,21,24)/t13-/m0/s1. The number of nitrogens with one attached hydrogen (secondary N) is 1. The predicted molar refractivity (Wildman–Crippen MR) is 90.3 cm³/mol. The molecule has 138 valence electrons. The van der Waals surface area contributed by atoms with Crippen molar-refractivity contribution in [3.63, 3.8) is 0 Å². The molecule has 0 saturated carbocycles. The highest BCUT2D eigenvalue weighted by atomic mass is 19.1. The molecule has 2 amide bonds. The van der Waals surface area contributed by atoms with Crippen LogP contribution in [-0.4, -0.2) is 36.8 Å². The van der Waals surface area contributed by atoms with Gasteiger partial charge in [-0.25, -0.2) is 13.6 Å². The number of β-amino-alcohol motifs (C(OH)–C–C–N with tert-alkyl or cyclic N) is 1. The summed E-state index contributed by atoms with van der Waals surface area (Å²) in [6.45, 7) is 0.0348. The Hall–Kier alpha value is -2.87. The molecule has 1 aliphatic heterocycles. The number of amides is 2. The molecule has 26 heavy (non-hydrogen) atoms. The number of para-hydroxylation sites is 1. The molecule has 8 heteroatoms. The van der Waals surface area contributed by atoms with Gasteiger partial charge in [-0.1, -0.05) is 6.07 Å². The predicted octanol–water partition coefficient (Wildman–Crippen LogP) is 3.06. The fraction of sp³-hybridized carbons (Fsp3) is 0.278. The van der Waals surface area contributed by atoms with E-state index in [-0.39, 0.29) is 13.1 Å². The quantitative estimate of drug-likeness (QED) is 0.878. The van der Waals surface area contributed by atoms with Gasteiger partial charge in [-0.3, -0.25) is 0 Å². The number of aliphatic hydroxyl groups is 1. The number of nitrogens with zero attached hydrogens (tertiary/aromatic N) is 1. The maximum atomic E-state index is 13.8. The van der Waals surface area contributed by atoms with Gasteiger partial charge in [0.2, 0.25) is 0 Å². The molecule has 6 nitrogen and oxygen atoms in total. The summed E-state index contributed by atoms with van der Waals surface area (Å²) in [7, 11) is 2.96. The number of benzene rings is 2. The van der Waals surface area contributed by atoms with Crippen molar-refractivity contribution >= 4 is 11.7 Å². The third kappa shape index (κ3) is 3.15. The van der Waals surface area contributed by atoms with Gasteiger partial charge in [-0.15, -0.1) is 0 Å². The Morgan fingerprint density at radius 1 is 1.15 bits per heavy atom. The van der Waals surface area contributed by atoms with Crippen molar-refractivity contribution in [3.8, 4) is 11.5 Å². The number of carbonyl (C=O) groups is 1. The first-order chi connectivity index (χ1) is 12.5. The fourth-order valence-electron chi connectivity index (χ4n) is 3.03. The summed E-state index contributed by atoms with van der Waals surface area (Å²) < 4.78 is 38.1. The van der Waals surface area contributed by atoms with E-state index in [2.05, 4.69) is 5.32 Å². The van der Waals surface area contributed by atoms with Crippen molar-refractivity contribution in [2.75, 3.05) is 26.1 Å². The molecule has 0 spiro atoms. The largest absolute Gasteiger partial charge is 0.496 e. The maximum Gasteiger partial charge on any atom is 0.322 e. The highest BCUT2D eigenvalue weighted by molar-refractivity contribution is 5.90. The average Bonchev–Trinajstić information content (AvgIpc) is 2.63. The lowest BCUT2D eigenvalue weighted by atomic mass is 9.95. The number of hydrogen-bond acceptors (Lipinski definition) is 4. The van der Waals surface area contributed by atoms with E-state index in [1.807, 2.05) is 0 Å². The number of aliphatic hydroxyl groups excluding tert-OH is 1. The second-order valence-corrected chi connectivity index (χ2v) is 5.79. The van der Waals surface area contributed by atoms with Gasteiger partial charge in [-0.2, -0.15) is 0 Å². The Morgan fingerprint density at radius 3 is 2.38 bits per heavy atom. The number of ether oxygens (including phenoxy) is 2. The van der Waals surface area contributed by atoms with Gasteiger partial charge in [-0.05, 0) is 24.3 Å². The van der Waals surface area contributed by atoms with E-state index in [1.54, 1.807) is 12.1 Å². The van der Waals surface area contributed by atoms with Gasteiger partial charge in [0.25, 0.3) is 0 Å². The van der Waals surface area contributed by atoms with Crippen LogP contribution in [0.4, 0.5) is 19.3 Å². The summed E-state index contributed by atoms with van der Waals surface area (Å²) >= 11 is 0. The summed E-state index contributed by atoms with van der Waals surface area (Å²) in [5.74, 6) is -0.797. The number of urea groups is 1. The van der Waals surface area contributed by atoms with Gasteiger partial charge in [0, 0.05) is 11.1 Å². The Bertz CT molecular complexity index is 824. The Labute approximate surface area is 148 Å². The number of fused-ring (bicyclic) bond motifs is 1. The van der Waals surface area contributed by atoms with Crippen LogP contribution in [0.2, 0.25) is 0 Å². The minimum absolute atomic E-state index is 0.0571. The van der Waals surface area contributed by atoms with Gasteiger partial charge in [0.05, 0.1) is 27.3 Å². The lowest BCUT2D eigenvalue weighted by Crippen LogP contribution is -2.41. The number of hydrogen-bond donors (Lipinski definition) is 2. The van der Waals surface area contributed by atoms with E-state index >= 15 is 0 Å². The second kappa shape index (κ2) is 7.17. The summed E-state index contributed by atoms with van der Waals surface area (Å²) in [5.41, 5.74) is 0.582.